The summed E-state index contributed by atoms with van der Waals surface area (Å²) in [5.41, 5.74) is 0.121. The summed E-state index contributed by atoms with van der Waals surface area (Å²) in [6.07, 6.45) is 4.39. The van der Waals surface area contributed by atoms with Gasteiger partial charge >= 0.3 is 0 Å². The van der Waals surface area contributed by atoms with Crippen LogP contribution in [-0.4, -0.2) is 34.4 Å². The van der Waals surface area contributed by atoms with Crippen molar-refractivity contribution >= 4 is 28.5 Å². The fourth-order valence-electron chi connectivity index (χ4n) is 3.56. The van der Waals surface area contributed by atoms with Crippen LogP contribution in [0.2, 0.25) is 0 Å². The maximum atomic E-state index is 13.6. The van der Waals surface area contributed by atoms with Gasteiger partial charge in [0.25, 0.3) is 0 Å². The maximum Gasteiger partial charge on any atom is 0.159 e. The van der Waals surface area contributed by atoms with Gasteiger partial charge in [0, 0.05) is 23.4 Å². The van der Waals surface area contributed by atoms with Crippen LogP contribution in [0.1, 0.15) is 18.4 Å². The lowest BCUT2D eigenvalue weighted by Gasteiger charge is -2.39. The summed E-state index contributed by atoms with van der Waals surface area (Å²) in [6, 6.07) is 9.70. The number of hydrogen-bond donors (Lipinski definition) is 1. The first-order valence-electron chi connectivity index (χ1n) is 8.72. The molecule has 0 atom stereocenters. The molecule has 140 valence electrons. The van der Waals surface area contributed by atoms with E-state index in [0.29, 0.717) is 31.5 Å². The average molecular weight is 387 g/mol. The first kappa shape index (κ1) is 18.1. The van der Waals surface area contributed by atoms with Crippen molar-refractivity contribution in [3.63, 3.8) is 0 Å². The number of halogens is 2. The Bertz CT molecular complexity index is 990. The zero-order chi connectivity index (χ0) is 19.0. The van der Waals surface area contributed by atoms with Gasteiger partial charge in [-0.1, -0.05) is 6.07 Å². The van der Waals surface area contributed by atoms with Crippen LogP contribution in [0.4, 0.5) is 14.6 Å². The van der Waals surface area contributed by atoms with Crippen molar-refractivity contribution in [1.29, 1.82) is 0 Å². The number of anilines is 1. The molecule has 2 heterocycles. The maximum absolute atomic E-state index is 13.6. The molecule has 1 aliphatic heterocycles. The van der Waals surface area contributed by atoms with Crippen LogP contribution in [-0.2, 0) is 5.60 Å². The van der Waals surface area contributed by atoms with E-state index in [1.54, 1.807) is 18.1 Å². The molecule has 3 aromatic rings. The minimum absolute atomic E-state index is 0.409. The van der Waals surface area contributed by atoms with E-state index in [2.05, 4.69) is 20.9 Å². The minimum atomic E-state index is -1.17. The van der Waals surface area contributed by atoms with E-state index >= 15 is 0 Å². The van der Waals surface area contributed by atoms with Gasteiger partial charge in [-0.05, 0) is 55.0 Å². The molecule has 4 nitrogen and oxygen atoms in total. The van der Waals surface area contributed by atoms with Crippen molar-refractivity contribution in [2.24, 2.45) is 0 Å². The predicted octanol–water partition coefficient (Wildman–Crippen LogP) is 4.12. The molecule has 0 spiro atoms. The van der Waals surface area contributed by atoms with E-state index in [1.165, 1.54) is 6.07 Å². The summed E-state index contributed by atoms with van der Waals surface area (Å²) in [6.45, 7) is 1.12. The molecular weight excluding hydrogens is 368 g/mol. The number of thioether (sulfide) groups is 1. The molecule has 1 aromatic heterocycles. The van der Waals surface area contributed by atoms with E-state index in [0.717, 1.165) is 33.7 Å². The molecule has 1 N–H and O–H groups in total. The third-order valence-corrected chi connectivity index (χ3v) is 5.89. The molecule has 0 unspecified atom stereocenters. The Morgan fingerprint density at radius 3 is 2.52 bits per heavy atom. The number of piperidine rings is 1. The Hall–Kier alpha value is -2.25. The second-order valence-electron chi connectivity index (χ2n) is 6.73. The monoisotopic (exact) mass is 387 g/mol. The molecule has 0 saturated carbocycles. The van der Waals surface area contributed by atoms with Crippen LogP contribution in [0, 0.1) is 11.6 Å². The molecule has 0 bridgehead atoms. The number of fused-ring (bicyclic) bond motifs is 1. The second-order valence-corrected chi connectivity index (χ2v) is 7.61. The van der Waals surface area contributed by atoms with E-state index in [-0.39, 0.29) is 0 Å². The van der Waals surface area contributed by atoms with Gasteiger partial charge in [-0.2, -0.15) is 0 Å². The molecule has 7 heteroatoms. The SMILES string of the molecule is CSc1ccc2ncnc(N3CCC(O)(c4ccc(F)c(F)c4)CC3)c2c1. The molecular formula is C20H19F2N3OS. The molecule has 0 radical (unpaired) electrons. The Morgan fingerprint density at radius 1 is 1.04 bits per heavy atom. The van der Waals surface area contributed by atoms with Crippen molar-refractivity contribution in [3.05, 3.63) is 59.9 Å². The molecule has 4 rings (SSSR count). The zero-order valence-corrected chi connectivity index (χ0v) is 15.6. The summed E-state index contributed by atoms with van der Waals surface area (Å²) in [5, 5.41) is 11.9. The molecule has 1 aliphatic rings. The summed E-state index contributed by atoms with van der Waals surface area (Å²) < 4.78 is 26.8. The van der Waals surface area contributed by atoms with Crippen LogP contribution in [0.15, 0.2) is 47.6 Å². The van der Waals surface area contributed by atoms with Crippen molar-refractivity contribution in [2.45, 2.75) is 23.3 Å². The van der Waals surface area contributed by atoms with Gasteiger partial charge in [0.2, 0.25) is 0 Å². The normalized spacial score (nSPS) is 16.7. The molecule has 0 amide bonds. The highest BCUT2D eigenvalue weighted by Gasteiger charge is 2.35. The zero-order valence-electron chi connectivity index (χ0n) is 14.8. The number of hydrogen-bond acceptors (Lipinski definition) is 5. The van der Waals surface area contributed by atoms with Crippen molar-refractivity contribution in [2.75, 3.05) is 24.2 Å². The molecule has 1 saturated heterocycles. The van der Waals surface area contributed by atoms with Gasteiger partial charge in [-0.25, -0.2) is 18.7 Å². The fourth-order valence-corrected chi connectivity index (χ4v) is 4.00. The lowest BCUT2D eigenvalue weighted by atomic mass is 9.84. The van der Waals surface area contributed by atoms with E-state index < -0.39 is 17.2 Å². The summed E-state index contributed by atoms with van der Waals surface area (Å²) >= 11 is 1.66. The molecule has 0 aliphatic carbocycles. The Kier molecular flexibility index (Phi) is 4.74. The summed E-state index contributed by atoms with van der Waals surface area (Å²) in [4.78, 5) is 12.0. The van der Waals surface area contributed by atoms with Crippen LogP contribution in [0.3, 0.4) is 0 Å². The minimum Gasteiger partial charge on any atom is -0.385 e. The third-order valence-electron chi connectivity index (χ3n) is 5.17. The lowest BCUT2D eigenvalue weighted by molar-refractivity contribution is 0.0113. The van der Waals surface area contributed by atoms with E-state index in [9.17, 15) is 13.9 Å². The third kappa shape index (κ3) is 3.37. The molecule has 2 aromatic carbocycles. The number of benzene rings is 2. The first-order valence-corrected chi connectivity index (χ1v) is 9.94. The van der Waals surface area contributed by atoms with Gasteiger partial charge < -0.3 is 10.0 Å². The molecule has 1 fully saturated rings. The first-order chi connectivity index (χ1) is 13.0. The van der Waals surface area contributed by atoms with Gasteiger partial charge in [0.05, 0.1) is 11.1 Å². The van der Waals surface area contributed by atoms with Crippen molar-refractivity contribution in [1.82, 2.24) is 9.97 Å². The topological polar surface area (TPSA) is 49.2 Å². The van der Waals surface area contributed by atoms with Gasteiger partial charge in [-0.15, -0.1) is 11.8 Å². The standard InChI is InChI=1S/C20H19F2N3OS/c1-27-14-3-5-18-15(11-14)19(24-12-23-18)25-8-6-20(26,7-9-25)13-2-4-16(21)17(22)10-13/h2-5,10-12,26H,6-9H2,1H3. The predicted molar refractivity (Wildman–Crippen MR) is 103 cm³/mol. The fraction of sp³-hybridized carbons (Fsp3) is 0.300. The molecule has 27 heavy (non-hydrogen) atoms. The van der Waals surface area contributed by atoms with Crippen molar-refractivity contribution in [3.8, 4) is 0 Å². The highest BCUT2D eigenvalue weighted by atomic mass is 32.2. The van der Waals surface area contributed by atoms with Crippen LogP contribution in [0.25, 0.3) is 10.9 Å². The highest BCUT2D eigenvalue weighted by molar-refractivity contribution is 7.98. The number of nitrogens with zero attached hydrogens (tertiary/aromatic N) is 3. The van der Waals surface area contributed by atoms with E-state index in [1.807, 2.05) is 18.4 Å². The van der Waals surface area contributed by atoms with Gasteiger partial charge in [0.1, 0.15) is 12.1 Å². The van der Waals surface area contributed by atoms with Crippen molar-refractivity contribution < 1.29 is 13.9 Å². The summed E-state index contributed by atoms with van der Waals surface area (Å²) in [7, 11) is 0. The average Bonchev–Trinajstić information content (AvgIpc) is 2.70. The number of aliphatic hydroxyl groups is 1. The van der Waals surface area contributed by atoms with E-state index in [4.69, 9.17) is 0 Å². The van der Waals surface area contributed by atoms with Gasteiger partial charge in [0.15, 0.2) is 11.6 Å². The summed E-state index contributed by atoms with van der Waals surface area (Å²) in [5.74, 6) is -1.00. The number of rotatable bonds is 3. The Balaban J connectivity index is 1.60. The number of aromatic nitrogens is 2. The van der Waals surface area contributed by atoms with Crippen LogP contribution < -0.4 is 4.90 Å². The highest BCUT2D eigenvalue weighted by Crippen LogP contribution is 2.36. The Labute approximate surface area is 160 Å². The lowest BCUT2D eigenvalue weighted by Crippen LogP contribution is -2.43. The largest absolute Gasteiger partial charge is 0.385 e. The van der Waals surface area contributed by atoms with Crippen LogP contribution in [0.5, 0.6) is 0 Å². The van der Waals surface area contributed by atoms with Gasteiger partial charge in [-0.3, -0.25) is 0 Å². The smallest absolute Gasteiger partial charge is 0.159 e. The second kappa shape index (κ2) is 7.05. The van der Waals surface area contributed by atoms with Crippen LogP contribution >= 0.6 is 11.8 Å². The Morgan fingerprint density at radius 2 is 1.81 bits per heavy atom. The quantitative estimate of drug-likeness (QED) is 0.685.